The molecule has 1 atom stereocenters. The van der Waals surface area contributed by atoms with Gasteiger partial charge in [0.1, 0.15) is 5.76 Å². The number of hydrogen-bond donors (Lipinski definition) is 3. The average molecular weight is 285 g/mol. The van der Waals surface area contributed by atoms with Gasteiger partial charge in [0.2, 0.25) is 0 Å². The van der Waals surface area contributed by atoms with Gasteiger partial charge in [-0.2, -0.15) is 0 Å². The normalized spacial score (nSPS) is 12.9. The molecular formula is C16H19N3O2. The van der Waals surface area contributed by atoms with E-state index in [0.717, 1.165) is 40.9 Å². The third-order valence-corrected chi connectivity index (χ3v) is 3.69. The van der Waals surface area contributed by atoms with Gasteiger partial charge < -0.3 is 19.7 Å². The average Bonchev–Trinajstić information content (AvgIpc) is 3.08. The molecule has 0 aliphatic heterocycles. The Balaban J connectivity index is 2.08. The molecule has 21 heavy (non-hydrogen) atoms. The van der Waals surface area contributed by atoms with Crippen LogP contribution in [0.5, 0.6) is 0 Å². The summed E-state index contributed by atoms with van der Waals surface area (Å²) in [7, 11) is 0. The van der Waals surface area contributed by atoms with Crippen molar-refractivity contribution in [3.05, 3.63) is 57.9 Å². The first-order valence-electron chi connectivity index (χ1n) is 7.24. The summed E-state index contributed by atoms with van der Waals surface area (Å²) in [6, 6.07) is 8.04. The van der Waals surface area contributed by atoms with Crippen molar-refractivity contribution < 1.29 is 4.42 Å². The number of benzene rings is 1. The van der Waals surface area contributed by atoms with Gasteiger partial charge in [-0.15, -0.1) is 0 Å². The van der Waals surface area contributed by atoms with Crippen molar-refractivity contribution >= 4 is 11.0 Å². The molecule has 0 aliphatic rings. The molecule has 0 saturated heterocycles. The lowest BCUT2D eigenvalue weighted by atomic mass is 9.97. The van der Waals surface area contributed by atoms with Gasteiger partial charge in [0.15, 0.2) is 0 Å². The number of H-pyrrole nitrogens is 2. The Hall–Kier alpha value is -2.27. The number of hydrogen-bond acceptors (Lipinski definition) is 3. The molecule has 5 heteroatoms. The van der Waals surface area contributed by atoms with Crippen LogP contribution in [0.25, 0.3) is 11.0 Å². The number of aromatic nitrogens is 2. The summed E-state index contributed by atoms with van der Waals surface area (Å²) in [6.07, 6.45) is 2.59. The molecule has 2 aromatic heterocycles. The summed E-state index contributed by atoms with van der Waals surface area (Å²) < 4.78 is 5.55. The molecule has 2 heterocycles. The van der Waals surface area contributed by atoms with E-state index < -0.39 is 0 Å². The largest absolute Gasteiger partial charge is 0.469 e. The van der Waals surface area contributed by atoms with E-state index in [9.17, 15) is 4.79 Å². The SMILES string of the molecule is CCNC(c1ccc2[nH]c(=O)[nH]c2c1)c1ccoc1CC. The van der Waals surface area contributed by atoms with E-state index in [4.69, 9.17) is 4.42 Å². The van der Waals surface area contributed by atoms with Crippen molar-refractivity contribution in [1.82, 2.24) is 15.3 Å². The van der Waals surface area contributed by atoms with Gasteiger partial charge in [0, 0.05) is 12.0 Å². The molecule has 3 aromatic rings. The van der Waals surface area contributed by atoms with Crippen LogP contribution in [0.3, 0.4) is 0 Å². The number of aryl methyl sites for hydroxylation is 1. The van der Waals surface area contributed by atoms with Crippen molar-refractivity contribution in [2.45, 2.75) is 26.3 Å². The maximum atomic E-state index is 11.4. The van der Waals surface area contributed by atoms with Crippen molar-refractivity contribution in [1.29, 1.82) is 0 Å². The number of furan rings is 1. The molecule has 0 saturated carbocycles. The molecule has 3 N–H and O–H groups in total. The lowest BCUT2D eigenvalue weighted by molar-refractivity contribution is 0.502. The van der Waals surface area contributed by atoms with Crippen LogP contribution in [0.2, 0.25) is 0 Å². The van der Waals surface area contributed by atoms with Crippen LogP contribution in [-0.2, 0) is 6.42 Å². The van der Waals surface area contributed by atoms with Gasteiger partial charge in [0.05, 0.1) is 23.3 Å². The third kappa shape index (κ3) is 2.52. The highest BCUT2D eigenvalue weighted by Crippen LogP contribution is 2.27. The van der Waals surface area contributed by atoms with E-state index in [0.29, 0.717) is 0 Å². The Kier molecular flexibility index (Phi) is 3.66. The van der Waals surface area contributed by atoms with Gasteiger partial charge in [-0.25, -0.2) is 4.79 Å². The minimum absolute atomic E-state index is 0.0616. The maximum absolute atomic E-state index is 11.4. The smallest absolute Gasteiger partial charge is 0.323 e. The minimum atomic E-state index is -0.181. The van der Waals surface area contributed by atoms with Crippen LogP contribution >= 0.6 is 0 Å². The van der Waals surface area contributed by atoms with Crippen molar-refractivity contribution in [2.75, 3.05) is 6.54 Å². The maximum Gasteiger partial charge on any atom is 0.323 e. The zero-order chi connectivity index (χ0) is 14.8. The zero-order valence-electron chi connectivity index (χ0n) is 12.2. The number of fused-ring (bicyclic) bond motifs is 1. The molecule has 1 unspecified atom stereocenters. The highest BCUT2D eigenvalue weighted by atomic mass is 16.3. The number of nitrogens with one attached hydrogen (secondary N) is 3. The highest BCUT2D eigenvalue weighted by Gasteiger charge is 2.18. The van der Waals surface area contributed by atoms with Gasteiger partial charge in [-0.1, -0.05) is 19.9 Å². The molecule has 0 aliphatic carbocycles. The van der Waals surface area contributed by atoms with Crippen LogP contribution in [0.1, 0.15) is 36.8 Å². The lowest BCUT2D eigenvalue weighted by Crippen LogP contribution is -2.22. The van der Waals surface area contributed by atoms with Crippen LogP contribution in [-0.4, -0.2) is 16.5 Å². The van der Waals surface area contributed by atoms with E-state index in [1.807, 2.05) is 24.3 Å². The molecule has 0 radical (unpaired) electrons. The molecule has 110 valence electrons. The first-order chi connectivity index (χ1) is 10.2. The Morgan fingerprint density at radius 3 is 2.76 bits per heavy atom. The molecule has 0 amide bonds. The molecule has 5 nitrogen and oxygen atoms in total. The van der Waals surface area contributed by atoms with Crippen molar-refractivity contribution in [2.24, 2.45) is 0 Å². The second kappa shape index (κ2) is 5.61. The predicted molar refractivity (Wildman–Crippen MR) is 82.5 cm³/mol. The molecule has 1 aromatic carbocycles. The summed E-state index contributed by atoms with van der Waals surface area (Å²) in [5.41, 5.74) is 3.72. The molecule has 3 rings (SSSR count). The molecular weight excluding hydrogens is 266 g/mol. The molecule has 0 spiro atoms. The van der Waals surface area contributed by atoms with Crippen LogP contribution in [0, 0.1) is 0 Å². The summed E-state index contributed by atoms with van der Waals surface area (Å²) in [6.45, 7) is 5.01. The first-order valence-corrected chi connectivity index (χ1v) is 7.24. The Bertz CT molecular complexity index is 797. The van der Waals surface area contributed by atoms with E-state index in [1.165, 1.54) is 0 Å². The summed E-state index contributed by atoms with van der Waals surface area (Å²) in [4.78, 5) is 17.0. The Morgan fingerprint density at radius 2 is 2.00 bits per heavy atom. The number of imidazole rings is 1. The van der Waals surface area contributed by atoms with E-state index in [1.54, 1.807) is 6.26 Å². The predicted octanol–water partition coefficient (Wildman–Crippen LogP) is 2.71. The van der Waals surface area contributed by atoms with Crippen LogP contribution < -0.4 is 11.0 Å². The van der Waals surface area contributed by atoms with E-state index in [-0.39, 0.29) is 11.7 Å². The highest BCUT2D eigenvalue weighted by molar-refractivity contribution is 5.75. The Labute approximate surface area is 122 Å². The minimum Gasteiger partial charge on any atom is -0.469 e. The van der Waals surface area contributed by atoms with E-state index in [2.05, 4.69) is 29.1 Å². The fourth-order valence-electron chi connectivity index (χ4n) is 2.74. The summed E-state index contributed by atoms with van der Waals surface area (Å²) in [5, 5.41) is 3.49. The van der Waals surface area contributed by atoms with Gasteiger partial charge in [-0.05, 0) is 30.3 Å². The second-order valence-corrected chi connectivity index (χ2v) is 5.03. The van der Waals surface area contributed by atoms with Crippen LogP contribution in [0.15, 0.2) is 39.7 Å². The number of aromatic amines is 2. The zero-order valence-corrected chi connectivity index (χ0v) is 12.2. The topological polar surface area (TPSA) is 73.8 Å². The van der Waals surface area contributed by atoms with Crippen LogP contribution in [0.4, 0.5) is 0 Å². The Morgan fingerprint density at radius 1 is 1.19 bits per heavy atom. The lowest BCUT2D eigenvalue weighted by Gasteiger charge is -2.18. The number of rotatable bonds is 5. The fraction of sp³-hybridized carbons (Fsp3) is 0.312. The first kappa shape index (κ1) is 13.7. The molecule has 0 bridgehead atoms. The van der Waals surface area contributed by atoms with E-state index >= 15 is 0 Å². The standard InChI is InChI=1S/C16H19N3O2/c1-3-14-11(7-8-21-14)15(17-4-2)10-5-6-12-13(9-10)19-16(20)18-12/h5-9,15,17H,3-4H2,1-2H3,(H2,18,19,20). The third-order valence-electron chi connectivity index (χ3n) is 3.69. The monoisotopic (exact) mass is 285 g/mol. The molecule has 0 fully saturated rings. The quantitative estimate of drug-likeness (QED) is 0.675. The van der Waals surface area contributed by atoms with Gasteiger partial charge in [0.25, 0.3) is 0 Å². The fourth-order valence-corrected chi connectivity index (χ4v) is 2.74. The second-order valence-electron chi connectivity index (χ2n) is 5.03. The van der Waals surface area contributed by atoms with Gasteiger partial charge in [-0.3, -0.25) is 0 Å². The summed E-state index contributed by atoms with van der Waals surface area (Å²) >= 11 is 0. The van der Waals surface area contributed by atoms with Crippen molar-refractivity contribution in [3.63, 3.8) is 0 Å². The van der Waals surface area contributed by atoms with Gasteiger partial charge >= 0.3 is 5.69 Å². The van der Waals surface area contributed by atoms with Crippen molar-refractivity contribution in [3.8, 4) is 0 Å². The summed E-state index contributed by atoms with van der Waals surface area (Å²) in [5.74, 6) is 0.989.